The fourth-order valence-corrected chi connectivity index (χ4v) is 9.05. The van der Waals surface area contributed by atoms with Crippen molar-refractivity contribution in [1.29, 1.82) is 0 Å². The van der Waals surface area contributed by atoms with Crippen molar-refractivity contribution >= 4 is 23.9 Å². The summed E-state index contributed by atoms with van der Waals surface area (Å²) in [7, 11) is 0. The summed E-state index contributed by atoms with van der Waals surface area (Å²) in [6, 6.07) is 9.73. The van der Waals surface area contributed by atoms with Gasteiger partial charge in [0.1, 0.15) is 24.4 Å². The number of esters is 4. The molecule has 6 aliphatic rings. The summed E-state index contributed by atoms with van der Waals surface area (Å²) in [5.74, 6) is -4.53. The standard InChI is InChI=1S/C40H54O17/c1-19-17-48-40(16-28(19)54-29(43)14-11-24-9-7-6-8-10-24)39(18-49-39)26-13-12-25(15-27(26)57-40)36(47)56-38-35(34(53-23(5)42)31(45)21(3)51-38)55-37-32(46)33(52-22(4)41)30(44)20(2)50-37/h6-10,19-21,25-28,30-35,37-38,44-46H,11-18H2,1-5H3/t19-,20-,21-,25+,26-,27+,28+,30-,31-,32-,33+,34+,35-,37+,38+,39+,40+/m1/s1. The Bertz CT molecular complexity index is 1620. The normalized spacial score (nSPS) is 43.8. The molecule has 17 atom stereocenters. The molecule has 5 saturated heterocycles. The highest BCUT2D eigenvalue weighted by atomic mass is 16.8. The van der Waals surface area contributed by atoms with Crippen LogP contribution in [0.1, 0.15) is 72.3 Å². The van der Waals surface area contributed by atoms with Crippen molar-refractivity contribution in [2.75, 3.05) is 13.2 Å². The third-order valence-electron chi connectivity index (χ3n) is 12.3. The van der Waals surface area contributed by atoms with Gasteiger partial charge in [0.15, 0.2) is 30.2 Å². The second-order valence-corrected chi connectivity index (χ2v) is 16.3. The highest BCUT2D eigenvalue weighted by Crippen LogP contribution is 2.62. The van der Waals surface area contributed by atoms with E-state index in [0.29, 0.717) is 32.5 Å². The van der Waals surface area contributed by atoms with Gasteiger partial charge in [-0.05, 0) is 45.1 Å². The second kappa shape index (κ2) is 16.8. The van der Waals surface area contributed by atoms with Crippen LogP contribution in [0.2, 0.25) is 0 Å². The molecule has 17 heteroatoms. The van der Waals surface area contributed by atoms with Crippen molar-refractivity contribution in [2.45, 2.75) is 158 Å². The minimum atomic E-state index is -1.73. The number of aliphatic hydroxyl groups is 3. The van der Waals surface area contributed by atoms with Crippen molar-refractivity contribution in [3.8, 4) is 0 Å². The summed E-state index contributed by atoms with van der Waals surface area (Å²) in [4.78, 5) is 51.0. The maximum Gasteiger partial charge on any atom is 0.311 e. The zero-order chi connectivity index (χ0) is 40.8. The molecule has 0 aromatic heterocycles. The number of fused-ring (bicyclic) bond motifs is 3. The fourth-order valence-electron chi connectivity index (χ4n) is 9.05. The molecule has 17 nitrogen and oxygen atoms in total. The first kappa shape index (κ1) is 41.9. The number of epoxide rings is 1. The molecule has 1 aromatic carbocycles. The topological polar surface area (TPSA) is 225 Å². The van der Waals surface area contributed by atoms with E-state index >= 15 is 0 Å². The van der Waals surface area contributed by atoms with E-state index in [1.54, 1.807) is 0 Å². The van der Waals surface area contributed by atoms with Gasteiger partial charge < -0.3 is 62.7 Å². The first-order chi connectivity index (χ1) is 27.1. The molecule has 0 unspecified atom stereocenters. The average Bonchev–Trinajstić information content (AvgIpc) is 3.94. The molecule has 2 spiro atoms. The molecule has 1 aromatic rings. The number of carbonyl (C=O) groups is 4. The van der Waals surface area contributed by atoms with Crippen molar-refractivity contribution in [1.82, 2.24) is 0 Å². The minimum absolute atomic E-state index is 0.0793. The maximum absolute atomic E-state index is 14.0. The fraction of sp³-hybridized carbons (Fsp3) is 0.750. The molecule has 6 fully saturated rings. The molecule has 316 valence electrons. The zero-order valence-corrected chi connectivity index (χ0v) is 32.8. The Morgan fingerprint density at radius 3 is 2.11 bits per heavy atom. The molecule has 57 heavy (non-hydrogen) atoms. The molecule has 0 radical (unpaired) electrons. The average molecular weight is 807 g/mol. The molecule has 1 aliphatic carbocycles. The van der Waals surface area contributed by atoms with E-state index in [4.69, 9.17) is 47.4 Å². The number of hydrogen-bond donors (Lipinski definition) is 3. The lowest BCUT2D eigenvalue weighted by Gasteiger charge is -2.46. The largest absolute Gasteiger partial charge is 0.462 e. The zero-order valence-electron chi connectivity index (χ0n) is 32.8. The lowest BCUT2D eigenvalue weighted by atomic mass is 9.72. The van der Waals surface area contributed by atoms with Gasteiger partial charge in [-0.15, -0.1) is 0 Å². The van der Waals surface area contributed by atoms with Crippen LogP contribution in [0.5, 0.6) is 0 Å². The molecule has 7 rings (SSSR count). The minimum Gasteiger partial charge on any atom is -0.462 e. The Hall–Kier alpha value is -3.26. The number of carbonyl (C=O) groups excluding carboxylic acids is 4. The molecule has 0 amide bonds. The lowest BCUT2D eigenvalue weighted by molar-refractivity contribution is -0.358. The van der Waals surface area contributed by atoms with E-state index in [9.17, 15) is 34.5 Å². The van der Waals surface area contributed by atoms with Gasteiger partial charge in [-0.25, -0.2) is 0 Å². The first-order valence-electron chi connectivity index (χ1n) is 19.9. The van der Waals surface area contributed by atoms with Crippen LogP contribution in [0.3, 0.4) is 0 Å². The van der Waals surface area contributed by atoms with E-state index in [-0.39, 0.29) is 37.1 Å². The van der Waals surface area contributed by atoms with Gasteiger partial charge in [0, 0.05) is 38.5 Å². The number of aryl methyl sites for hydroxylation is 1. The molecule has 5 aliphatic heterocycles. The summed E-state index contributed by atoms with van der Waals surface area (Å²) in [5, 5.41) is 32.7. The lowest BCUT2D eigenvalue weighted by Crippen LogP contribution is -2.64. The molecular formula is C40H54O17. The highest BCUT2D eigenvalue weighted by molar-refractivity contribution is 5.73. The van der Waals surface area contributed by atoms with Crippen LogP contribution in [0.25, 0.3) is 0 Å². The number of aliphatic hydroxyl groups excluding tert-OH is 3. The Morgan fingerprint density at radius 2 is 1.44 bits per heavy atom. The van der Waals surface area contributed by atoms with E-state index in [1.807, 2.05) is 37.3 Å². The van der Waals surface area contributed by atoms with Gasteiger partial charge in [-0.2, -0.15) is 0 Å². The first-order valence-corrected chi connectivity index (χ1v) is 19.9. The van der Waals surface area contributed by atoms with Crippen LogP contribution in [-0.4, -0.2) is 137 Å². The van der Waals surface area contributed by atoms with Crippen molar-refractivity contribution in [3.63, 3.8) is 0 Å². The van der Waals surface area contributed by atoms with E-state index < -0.39 is 109 Å². The SMILES string of the molecule is CC(=O)O[C@@H]1[C@@H](O)[C@H](O[C@H]2[C@H](OC(=O)[C@H]3CC[C@@H]4[C@H](C3)O[C@@]3(C[C@H](OC(=O)CCc5ccccc5)[C@H](C)CO3)[C@]43CO3)O[C@H](C)[C@@H](O)[C@@H]2OC(C)=O)O[C@H](C)[C@H]1O. The Kier molecular flexibility index (Phi) is 12.3. The molecule has 5 heterocycles. The Balaban J connectivity index is 1.03. The number of rotatable bonds is 10. The Morgan fingerprint density at radius 1 is 0.789 bits per heavy atom. The Labute approximate surface area is 330 Å². The highest BCUT2D eigenvalue weighted by Gasteiger charge is 2.76. The molecular weight excluding hydrogens is 752 g/mol. The van der Waals surface area contributed by atoms with E-state index in [0.717, 1.165) is 19.4 Å². The molecule has 1 saturated carbocycles. The maximum atomic E-state index is 14.0. The summed E-state index contributed by atoms with van der Waals surface area (Å²) >= 11 is 0. The number of ether oxygens (including phenoxy) is 10. The third-order valence-corrected chi connectivity index (χ3v) is 12.3. The predicted molar refractivity (Wildman–Crippen MR) is 190 cm³/mol. The summed E-state index contributed by atoms with van der Waals surface area (Å²) < 4.78 is 59.6. The van der Waals surface area contributed by atoms with Crippen LogP contribution in [-0.2, 0) is 73.0 Å². The van der Waals surface area contributed by atoms with Crippen LogP contribution >= 0.6 is 0 Å². The van der Waals surface area contributed by atoms with Gasteiger partial charge in [-0.3, -0.25) is 19.2 Å². The number of hydrogen-bond acceptors (Lipinski definition) is 17. The smallest absolute Gasteiger partial charge is 0.311 e. The van der Waals surface area contributed by atoms with E-state index in [1.165, 1.54) is 13.8 Å². The summed E-state index contributed by atoms with van der Waals surface area (Å²) in [6.45, 7) is 7.88. The van der Waals surface area contributed by atoms with Crippen molar-refractivity contribution < 1.29 is 81.9 Å². The summed E-state index contributed by atoms with van der Waals surface area (Å²) in [6.07, 6.45) is -12.8. The van der Waals surface area contributed by atoms with Gasteiger partial charge in [0.05, 0.1) is 37.4 Å². The van der Waals surface area contributed by atoms with Crippen LogP contribution in [0, 0.1) is 17.8 Å². The van der Waals surface area contributed by atoms with Gasteiger partial charge in [0.2, 0.25) is 12.1 Å². The van der Waals surface area contributed by atoms with Crippen LogP contribution in [0.4, 0.5) is 0 Å². The second-order valence-electron chi connectivity index (χ2n) is 16.3. The van der Waals surface area contributed by atoms with E-state index in [2.05, 4.69) is 0 Å². The third kappa shape index (κ3) is 8.45. The molecule has 0 bridgehead atoms. The molecule has 3 N–H and O–H groups in total. The van der Waals surface area contributed by atoms with Crippen LogP contribution in [0.15, 0.2) is 30.3 Å². The van der Waals surface area contributed by atoms with Crippen molar-refractivity contribution in [2.24, 2.45) is 17.8 Å². The van der Waals surface area contributed by atoms with Gasteiger partial charge in [-0.1, -0.05) is 37.3 Å². The number of benzene rings is 1. The van der Waals surface area contributed by atoms with Crippen LogP contribution < -0.4 is 0 Å². The quantitative estimate of drug-likeness (QED) is 0.172. The van der Waals surface area contributed by atoms with Gasteiger partial charge >= 0.3 is 23.9 Å². The monoisotopic (exact) mass is 806 g/mol. The van der Waals surface area contributed by atoms with Crippen molar-refractivity contribution in [3.05, 3.63) is 35.9 Å². The predicted octanol–water partition coefficient (Wildman–Crippen LogP) is 1.23. The van der Waals surface area contributed by atoms with Gasteiger partial charge in [0.25, 0.3) is 0 Å². The summed E-state index contributed by atoms with van der Waals surface area (Å²) in [5.41, 5.74) is 0.300.